The molecule has 0 radical (unpaired) electrons. The third-order valence-electron chi connectivity index (χ3n) is 3.49. The maximum absolute atomic E-state index is 6.35. The Morgan fingerprint density at radius 2 is 1.87 bits per heavy atom. The van der Waals surface area contributed by atoms with Crippen LogP contribution in [0.15, 0.2) is 0 Å². The average Bonchev–Trinajstić information content (AvgIpc) is 2.20. The quantitative estimate of drug-likeness (QED) is 0.578. The monoisotopic (exact) mass is 232 g/mol. The second kappa shape index (κ2) is 4.97. The van der Waals surface area contributed by atoms with Gasteiger partial charge in [-0.1, -0.05) is 0 Å². The van der Waals surface area contributed by atoms with E-state index in [9.17, 15) is 0 Å². The van der Waals surface area contributed by atoms with Gasteiger partial charge in [-0.2, -0.15) is 0 Å². The predicted molar refractivity (Wildman–Crippen MR) is 63.3 cm³/mol. The maximum Gasteiger partial charge on any atom is 0.0631 e. The van der Waals surface area contributed by atoms with Crippen molar-refractivity contribution in [2.45, 2.75) is 17.5 Å². The summed E-state index contributed by atoms with van der Waals surface area (Å²) >= 11 is 6.35. The number of hydrogen-bond acceptors (Lipinski definition) is 4. The van der Waals surface area contributed by atoms with Crippen LogP contribution in [0.25, 0.3) is 0 Å². The molecule has 2 rings (SSSR count). The van der Waals surface area contributed by atoms with Crippen molar-refractivity contribution in [2.24, 2.45) is 5.73 Å². The number of nitrogens with zero attached hydrogens (tertiary/aromatic N) is 2. The zero-order valence-electron chi connectivity index (χ0n) is 9.32. The van der Waals surface area contributed by atoms with Crippen molar-refractivity contribution in [1.82, 2.24) is 15.1 Å². The lowest BCUT2D eigenvalue weighted by Crippen LogP contribution is -2.65. The highest BCUT2D eigenvalue weighted by Gasteiger charge is 2.35. The minimum absolute atomic E-state index is 0.150. The molecule has 0 bridgehead atoms. The molecule has 3 N–H and O–H groups in total. The standard InChI is InChI=1S/C10H21ClN4/c1-14-2-4-15(5-3-14)10-8(11)6-13-7-9(10)12/h8-10,13H,2-7,12H2,1H3. The van der Waals surface area contributed by atoms with Crippen LogP contribution < -0.4 is 11.1 Å². The van der Waals surface area contributed by atoms with E-state index in [0.717, 1.165) is 39.3 Å². The summed E-state index contributed by atoms with van der Waals surface area (Å²) in [4.78, 5) is 4.81. The van der Waals surface area contributed by atoms with Crippen LogP contribution in [-0.2, 0) is 0 Å². The highest BCUT2D eigenvalue weighted by Crippen LogP contribution is 2.18. The van der Waals surface area contributed by atoms with E-state index in [1.165, 1.54) is 0 Å². The summed E-state index contributed by atoms with van der Waals surface area (Å²) < 4.78 is 0. The first-order valence-corrected chi connectivity index (χ1v) is 6.15. The van der Waals surface area contributed by atoms with Gasteiger partial charge < -0.3 is 16.0 Å². The first kappa shape index (κ1) is 11.6. The Kier molecular flexibility index (Phi) is 3.85. The van der Waals surface area contributed by atoms with E-state index in [4.69, 9.17) is 17.3 Å². The molecule has 2 saturated heterocycles. The van der Waals surface area contributed by atoms with Gasteiger partial charge in [0.2, 0.25) is 0 Å². The Morgan fingerprint density at radius 1 is 1.20 bits per heavy atom. The highest BCUT2D eigenvalue weighted by atomic mass is 35.5. The van der Waals surface area contributed by atoms with Crippen LogP contribution in [0.2, 0.25) is 0 Å². The molecule has 2 aliphatic rings. The third-order valence-corrected chi connectivity index (χ3v) is 3.90. The Hall–Kier alpha value is 0.130. The van der Waals surface area contributed by atoms with Crippen LogP contribution >= 0.6 is 11.6 Å². The number of halogens is 1. The summed E-state index contributed by atoms with van der Waals surface area (Å²) in [7, 11) is 2.16. The van der Waals surface area contributed by atoms with E-state index in [2.05, 4.69) is 22.2 Å². The van der Waals surface area contributed by atoms with E-state index in [-0.39, 0.29) is 11.4 Å². The lowest BCUT2D eigenvalue weighted by atomic mass is 9.98. The van der Waals surface area contributed by atoms with Gasteiger partial charge in [0.1, 0.15) is 0 Å². The highest BCUT2D eigenvalue weighted by molar-refractivity contribution is 6.21. The number of piperazine rings is 1. The molecule has 0 aliphatic carbocycles. The number of nitrogens with one attached hydrogen (secondary N) is 1. The lowest BCUT2D eigenvalue weighted by Gasteiger charge is -2.44. The molecule has 3 atom stereocenters. The molecule has 5 heteroatoms. The normalized spacial score (nSPS) is 40.6. The maximum atomic E-state index is 6.35. The van der Waals surface area contributed by atoms with Crippen molar-refractivity contribution in [1.29, 1.82) is 0 Å². The van der Waals surface area contributed by atoms with Gasteiger partial charge in [-0.05, 0) is 7.05 Å². The lowest BCUT2D eigenvalue weighted by molar-refractivity contribution is 0.0866. The molecule has 0 aromatic heterocycles. The van der Waals surface area contributed by atoms with Crippen molar-refractivity contribution >= 4 is 11.6 Å². The molecule has 0 amide bonds. The van der Waals surface area contributed by atoms with Crippen molar-refractivity contribution in [3.63, 3.8) is 0 Å². The molecule has 4 nitrogen and oxygen atoms in total. The first-order chi connectivity index (χ1) is 7.18. The predicted octanol–water partition coefficient (Wildman–Crippen LogP) is -0.860. The largest absolute Gasteiger partial charge is 0.325 e. The summed E-state index contributed by atoms with van der Waals surface area (Å²) in [6, 6.07) is 0.520. The van der Waals surface area contributed by atoms with E-state index >= 15 is 0 Å². The molecule has 2 aliphatic heterocycles. The second-order valence-corrected chi connectivity index (χ2v) is 5.23. The third kappa shape index (κ3) is 2.63. The smallest absolute Gasteiger partial charge is 0.0631 e. The van der Waals surface area contributed by atoms with E-state index < -0.39 is 0 Å². The molecule has 15 heavy (non-hydrogen) atoms. The number of alkyl halides is 1. The van der Waals surface area contributed by atoms with E-state index in [1.54, 1.807) is 0 Å². The van der Waals surface area contributed by atoms with E-state index in [1.807, 2.05) is 0 Å². The SMILES string of the molecule is CN1CCN(C2C(N)CNCC2Cl)CC1. The van der Waals surface area contributed by atoms with Gasteiger partial charge in [0.15, 0.2) is 0 Å². The van der Waals surface area contributed by atoms with Crippen LogP contribution in [0.5, 0.6) is 0 Å². The molecule has 0 aromatic rings. The first-order valence-electron chi connectivity index (χ1n) is 5.71. The number of piperidine rings is 1. The van der Waals surface area contributed by atoms with Crippen molar-refractivity contribution in [2.75, 3.05) is 46.3 Å². The molecular weight excluding hydrogens is 212 g/mol. The zero-order valence-corrected chi connectivity index (χ0v) is 10.1. The van der Waals surface area contributed by atoms with Gasteiger partial charge in [0, 0.05) is 51.4 Å². The summed E-state index contributed by atoms with van der Waals surface area (Å²) in [6.45, 7) is 6.21. The van der Waals surface area contributed by atoms with Gasteiger partial charge in [-0.3, -0.25) is 4.90 Å². The molecule has 88 valence electrons. The minimum Gasteiger partial charge on any atom is -0.325 e. The summed E-state index contributed by atoms with van der Waals surface area (Å²) in [6.07, 6.45) is 0. The van der Waals surface area contributed by atoms with Crippen LogP contribution in [0.3, 0.4) is 0 Å². The Morgan fingerprint density at radius 3 is 2.47 bits per heavy atom. The van der Waals surface area contributed by atoms with Crippen molar-refractivity contribution < 1.29 is 0 Å². The fraction of sp³-hybridized carbons (Fsp3) is 1.00. The summed E-state index contributed by atoms with van der Waals surface area (Å²) in [5.74, 6) is 0. The minimum atomic E-state index is 0.150. The summed E-state index contributed by atoms with van der Waals surface area (Å²) in [5, 5.41) is 3.42. The zero-order chi connectivity index (χ0) is 10.8. The number of rotatable bonds is 1. The topological polar surface area (TPSA) is 44.5 Å². The molecule has 0 saturated carbocycles. The van der Waals surface area contributed by atoms with Gasteiger partial charge >= 0.3 is 0 Å². The summed E-state index contributed by atoms with van der Waals surface area (Å²) in [5.41, 5.74) is 6.13. The van der Waals surface area contributed by atoms with Gasteiger partial charge in [-0.25, -0.2) is 0 Å². The number of likely N-dealkylation sites (N-methyl/N-ethyl adjacent to an activating group) is 1. The molecule has 3 unspecified atom stereocenters. The molecule has 2 heterocycles. The van der Waals surface area contributed by atoms with Crippen LogP contribution in [-0.4, -0.2) is 73.6 Å². The Labute approximate surface area is 96.7 Å². The second-order valence-electron chi connectivity index (χ2n) is 4.67. The fourth-order valence-electron chi connectivity index (χ4n) is 2.52. The number of hydrogen-bond donors (Lipinski definition) is 2. The Balaban J connectivity index is 1.95. The van der Waals surface area contributed by atoms with Crippen molar-refractivity contribution in [3.8, 4) is 0 Å². The van der Waals surface area contributed by atoms with Gasteiger partial charge in [0.05, 0.1) is 5.38 Å². The van der Waals surface area contributed by atoms with Gasteiger partial charge in [-0.15, -0.1) is 11.6 Å². The fourth-order valence-corrected chi connectivity index (χ4v) is 2.97. The molecule has 2 fully saturated rings. The average molecular weight is 233 g/mol. The van der Waals surface area contributed by atoms with E-state index in [0.29, 0.717) is 6.04 Å². The van der Waals surface area contributed by atoms with Crippen molar-refractivity contribution in [3.05, 3.63) is 0 Å². The number of nitrogens with two attached hydrogens (primary N) is 1. The molecule has 0 aromatic carbocycles. The molecule has 0 spiro atoms. The van der Waals surface area contributed by atoms with Gasteiger partial charge in [0.25, 0.3) is 0 Å². The molecular formula is C10H21ClN4. The van der Waals surface area contributed by atoms with Crippen LogP contribution in [0.1, 0.15) is 0 Å². The Bertz CT molecular complexity index is 196. The van der Waals surface area contributed by atoms with Crippen LogP contribution in [0, 0.1) is 0 Å². The van der Waals surface area contributed by atoms with Crippen LogP contribution in [0.4, 0.5) is 0 Å².